The van der Waals surface area contributed by atoms with Crippen LogP contribution in [0.15, 0.2) is 4.99 Å². The molecule has 0 heterocycles. The standard InChI is InChI=1S/C19H40N8O4/c1-13(26-17(30)14(21)12-28)16(29)27-15(8-7-11-25-19(22)23)18(31)24-10-6-4-2-3-5-9-20/h13-15,28H,2-12,20-21H2,1H3,(H,24,31)(H,26,30)(H,27,29)(H4,22,23,25)/t13-,14+,15-/m0/s1. The van der Waals surface area contributed by atoms with Crippen molar-refractivity contribution in [3.8, 4) is 0 Å². The van der Waals surface area contributed by atoms with Crippen LogP contribution in [0.5, 0.6) is 0 Å². The second-order valence-electron chi connectivity index (χ2n) is 7.38. The highest BCUT2D eigenvalue weighted by atomic mass is 16.3. The lowest BCUT2D eigenvalue weighted by Gasteiger charge is -2.22. The fraction of sp³-hybridized carbons (Fsp3) is 0.789. The molecule has 0 saturated heterocycles. The summed E-state index contributed by atoms with van der Waals surface area (Å²) >= 11 is 0. The van der Waals surface area contributed by atoms with E-state index < -0.39 is 36.5 Å². The maximum Gasteiger partial charge on any atom is 0.242 e. The number of aliphatic hydroxyl groups is 1. The van der Waals surface area contributed by atoms with Gasteiger partial charge in [0.2, 0.25) is 17.7 Å². The van der Waals surface area contributed by atoms with Gasteiger partial charge in [-0.05, 0) is 39.2 Å². The van der Waals surface area contributed by atoms with Gasteiger partial charge in [0.1, 0.15) is 18.1 Å². The Morgan fingerprint density at radius 2 is 1.58 bits per heavy atom. The largest absolute Gasteiger partial charge is 0.394 e. The van der Waals surface area contributed by atoms with Crippen molar-refractivity contribution in [3.05, 3.63) is 0 Å². The number of carbonyl (C=O) groups is 3. The van der Waals surface area contributed by atoms with Gasteiger partial charge in [-0.2, -0.15) is 0 Å². The van der Waals surface area contributed by atoms with Crippen LogP contribution in [0.3, 0.4) is 0 Å². The van der Waals surface area contributed by atoms with E-state index in [2.05, 4.69) is 20.9 Å². The van der Waals surface area contributed by atoms with Gasteiger partial charge in [0.05, 0.1) is 6.61 Å². The molecule has 31 heavy (non-hydrogen) atoms. The molecule has 0 aliphatic carbocycles. The quantitative estimate of drug-likeness (QED) is 0.0671. The Labute approximate surface area is 183 Å². The summed E-state index contributed by atoms with van der Waals surface area (Å²) in [6.45, 7) is 2.43. The van der Waals surface area contributed by atoms with Gasteiger partial charge in [0.15, 0.2) is 5.96 Å². The first-order chi connectivity index (χ1) is 14.7. The van der Waals surface area contributed by atoms with E-state index in [-0.39, 0.29) is 11.9 Å². The van der Waals surface area contributed by atoms with E-state index in [1.165, 1.54) is 6.92 Å². The molecule has 180 valence electrons. The molecule has 3 amide bonds. The summed E-state index contributed by atoms with van der Waals surface area (Å²) in [6.07, 6.45) is 5.73. The highest BCUT2D eigenvalue weighted by Gasteiger charge is 2.25. The highest BCUT2D eigenvalue weighted by Crippen LogP contribution is 2.03. The molecule has 12 nitrogen and oxygen atoms in total. The van der Waals surface area contributed by atoms with E-state index in [9.17, 15) is 14.4 Å². The zero-order chi connectivity index (χ0) is 23.6. The van der Waals surface area contributed by atoms with Crippen LogP contribution in [0.4, 0.5) is 0 Å². The van der Waals surface area contributed by atoms with E-state index in [1.807, 2.05) is 0 Å². The van der Waals surface area contributed by atoms with E-state index in [0.29, 0.717) is 32.5 Å². The maximum atomic E-state index is 12.6. The number of hydrogen-bond donors (Lipinski definition) is 8. The van der Waals surface area contributed by atoms with Gasteiger partial charge in [-0.25, -0.2) is 0 Å². The van der Waals surface area contributed by atoms with Gasteiger partial charge in [0, 0.05) is 13.1 Å². The summed E-state index contributed by atoms with van der Waals surface area (Å²) in [7, 11) is 0. The number of nitrogens with zero attached hydrogens (tertiary/aromatic N) is 1. The van der Waals surface area contributed by atoms with Crippen molar-refractivity contribution in [3.63, 3.8) is 0 Å². The average Bonchev–Trinajstić information content (AvgIpc) is 2.73. The number of nitrogens with two attached hydrogens (primary N) is 4. The first-order valence-electron chi connectivity index (χ1n) is 10.7. The maximum absolute atomic E-state index is 12.6. The lowest BCUT2D eigenvalue weighted by molar-refractivity contribution is -0.132. The number of aliphatic hydroxyl groups excluding tert-OH is 1. The molecule has 0 fully saturated rings. The Morgan fingerprint density at radius 1 is 0.935 bits per heavy atom. The molecular weight excluding hydrogens is 404 g/mol. The minimum atomic E-state index is -1.13. The summed E-state index contributed by atoms with van der Waals surface area (Å²) in [6, 6.07) is -2.86. The number of nitrogens with one attached hydrogen (secondary N) is 3. The van der Waals surface area contributed by atoms with E-state index in [0.717, 1.165) is 32.1 Å². The predicted octanol–water partition coefficient (Wildman–Crippen LogP) is -2.63. The molecule has 0 aliphatic heterocycles. The van der Waals surface area contributed by atoms with Gasteiger partial charge in [0.25, 0.3) is 0 Å². The monoisotopic (exact) mass is 444 g/mol. The van der Waals surface area contributed by atoms with Gasteiger partial charge in [-0.3, -0.25) is 19.4 Å². The van der Waals surface area contributed by atoms with Gasteiger partial charge < -0.3 is 44.0 Å². The van der Waals surface area contributed by atoms with E-state index in [1.54, 1.807) is 0 Å². The minimum absolute atomic E-state index is 0.0452. The summed E-state index contributed by atoms with van der Waals surface area (Å²) in [5.74, 6) is -1.56. The summed E-state index contributed by atoms with van der Waals surface area (Å²) in [5, 5.41) is 16.8. The number of unbranched alkanes of at least 4 members (excludes halogenated alkanes) is 4. The van der Waals surface area contributed by atoms with Crippen LogP contribution in [-0.4, -0.2) is 73.2 Å². The van der Waals surface area contributed by atoms with Gasteiger partial charge in [-0.15, -0.1) is 0 Å². The van der Waals surface area contributed by atoms with E-state index >= 15 is 0 Å². The normalized spacial score (nSPS) is 13.5. The molecule has 12 heteroatoms. The number of amides is 3. The number of hydrogen-bond acceptors (Lipinski definition) is 7. The van der Waals surface area contributed by atoms with Crippen molar-refractivity contribution in [1.82, 2.24) is 16.0 Å². The van der Waals surface area contributed by atoms with Crippen LogP contribution in [0.25, 0.3) is 0 Å². The van der Waals surface area contributed by atoms with Crippen molar-refractivity contribution < 1.29 is 19.5 Å². The molecule has 12 N–H and O–H groups in total. The molecule has 3 atom stereocenters. The van der Waals surface area contributed by atoms with Gasteiger partial charge >= 0.3 is 0 Å². The number of carbonyl (C=O) groups excluding carboxylic acids is 3. The number of guanidine groups is 1. The summed E-state index contributed by atoms with van der Waals surface area (Å²) < 4.78 is 0. The van der Waals surface area contributed by atoms with Crippen molar-refractivity contribution in [2.24, 2.45) is 27.9 Å². The van der Waals surface area contributed by atoms with Crippen molar-refractivity contribution in [1.29, 1.82) is 0 Å². The third-order valence-electron chi connectivity index (χ3n) is 4.54. The van der Waals surface area contributed by atoms with Gasteiger partial charge in [-0.1, -0.05) is 19.3 Å². The predicted molar refractivity (Wildman–Crippen MR) is 120 cm³/mol. The molecule has 0 aromatic heterocycles. The Morgan fingerprint density at radius 3 is 2.19 bits per heavy atom. The Kier molecular flexibility index (Phi) is 15.9. The first-order valence-corrected chi connectivity index (χ1v) is 10.7. The molecule has 0 bridgehead atoms. The molecule has 0 aliphatic rings. The molecule has 0 unspecified atom stereocenters. The number of rotatable bonds is 17. The fourth-order valence-corrected chi connectivity index (χ4v) is 2.67. The Hall–Kier alpha value is -2.44. The Balaban J connectivity index is 4.68. The molecule has 0 aromatic carbocycles. The third-order valence-corrected chi connectivity index (χ3v) is 4.54. The molecule has 0 saturated carbocycles. The second-order valence-corrected chi connectivity index (χ2v) is 7.38. The summed E-state index contributed by atoms with van der Waals surface area (Å²) in [4.78, 5) is 40.6. The van der Waals surface area contributed by atoms with Crippen LogP contribution in [0.2, 0.25) is 0 Å². The SMILES string of the molecule is C[C@H](NC(=O)[C@H](N)CO)C(=O)N[C@@H](CCCN=C(N)N)C(=O)NCCCCCCCN. The molecule has 0 rings (SSSR count). The lowest BCUT2D eigenvalue weighted by Crippen LogP contribution is -2.55. The average molecular weight is 445 g/mol. The first kappa shape index (κ1) is 28.6. The molecule has 0 aromatic rings. The smallest absolute Gasteiger partial charge is 0.242 e. The van der Waals surface area contributed by atoms with E-state index in [4.69, 9.17) is 28.0 Å². The Bertz CT molecular complexity index is 569. The molecule has 0 spiro atoms. The lowest BCUT2D eigenvalue weighted by atomic mass is 10.1. The zero-order valence-electron chi connectivity index (χ0n) is 18.4. The fourth-order valence-electron chi connectivity index (χ4n) is 2.67. The molecule has 0 radical (unpaired) electrons. The van der Waals surface area contributed by atoms with Crippen LogP contribution < -0.4 is 38.9 Å². The van der Waals surface area contributed by atoms with Crippen molar-refractivity contribution in [2.45, 2.75) is 70.0 Å². The third kappa shape index (κ3) is 14.2. The van der Waals surface area contributed by atoms with Crippen LogP contribution >= 0.6 is 0 Å². The number of aliphatic imine (C=N–C) groups is 1. The second kappa shape index (κ2) is 17.3. The summed E-state index contributed by atoms with van der Waals surface area (Å²) in [5.41, 5.74) is 21.5. The zero-order valence-corrected chi connectivity index (χ0v) is 18.4. The van der Waals surface area contributed by atoms with Crippen LogP contribution in [-0.2, 0) is 14.4 Å². The van der Waals surface area contributed by atoms with Crippen molar-refractivity contribution in [2.75, 3.05) is 26.2 Å². The van der Waals surface area contributed by atoms with Crippen LogP contribution in [0, 0.1) is 0 Å². The topological polar surface area (TPSA) is 224 Å². The highest BCUT2D eigenvalue weighted by molar-refractivity contribution is 5.92. The molecular formula is C19H40N8O4. The van der Waals surface area contributed by atoms with Crippen molar-refractivity contribution >= 4 is 23.7 Å². The van der Waals surface area contributed by atoms with Crippen LogP contribution in [0.1, 0.15) is 51.9 Å². The minimum Gasteiger partial charge on any atom is -0.394 e.